The molecule has 118 valence electrons. The Morgan fingerprint density at radius 1 is 1.23 bits per heavy atom. The van der Waals surface area contributed by atoms with E-state index >= 15 is 0 Å². The van der Waals surface area contributed by atoms with Crippen LogP contribution >= 0.6 is 0 Å². The fourth-order valence-corrected chi connectivity index (χ4v) is 2.34. The topological polar surface area (TPSA) is 60.9 Å². The quantitative estimate of drug-likeness (QED) is 0.943. The van der Waals surface area contributed by atoms with Gasteiger partial charge in [-0.25, -0.2) is 4.68 Å². The largest absolute Gasteiger partial charge is 0.322 e. The molecule has 4 heteroatoms. The van der Waals surface area contributed by atoms with Gasteiger partial charge in [-0.15, -0.1) is 0 Å². The second-order valence-corrected chi connectivity index (χ2v) is 6.91. The number of hydrogen-bond donors (Lipinski definition) is 1. The van der Waals surface area contributed by atoms with E-state index in [0.717, 1.165) is 11.3 Å². The number of nitrogens with two attached hydrogens (primary N) is 1. The summed E-state index contributed by atoms with van der Waals surface area (Å²) in [5.74, 6) is 0.340. The first-order valence-electron chi connectivity index (χ1n) is 7.67. The van der Waals surface area contributed by atoms with Gasteiger partial charge in [0.25, 0.3) is 5.56 Å². The minimum Gasteiger partial charge on any atom is -0.322 e. The fourth-order valence-electron chi connectivity index (χ4n) is 2.34. The molecule has 2 rings (SSSR count). The van der Waals surface area contributed by atoms with Crippen molar-refractivity contribution in [1.82, 2.24) is 9.78 Å². The van der Waals surface area contributed by atoms with Gasteiger partial charge in [-0.3, -0.25) is 4.79 Å². The second kappa shape index (κ2) is 6.05. The lowest BCUT2D eigenvalue weighted by atomic mass is 9.95. The number of aryl methyl sites for hydroxylation is 1. The van der Waals surface area contributed by atoms with Crippen LogP contribution in [0.2, 0.25) is 0 Å². The van der Waals surface area contributed by atoms with Crippen molar-refractivity contribution in [2.75, 3.05) is 0 Å². The van der Waals surface area contributed by atoms with Crippen molar-refractivity contribution in [2.45, 2.75) is 46.7 Å². The van der Waals surface area contributed by atoms with Crippen molar-refractivity contribution in [3.05, 3.63) is 51.8 Å². The van der Waals surface area contributed by atoms with Gasteiger partial charge in [0.2, 0.25) is 0 Å². The molecular formula is C18H25N3O. The summed E-state index contributed by atoms with van der Waals surface area (Å²) in [6.45, 7) is 10.5. The van der Waals surface area contributed by atoms with E-state index < -0.39 is 5.54 Å². The normalized spacial score (nSPS) is 12.0. The van der Waals surface area contributed by atoms with Crippen LogP contribution in [0.4, 0.5) is 0 Å². The molecule has 1 aromatic carbocycles. The summed E-state index contributed by atoms with van der Waals surface area (Å²) in [5, 5.41) is 4.54. The Bertz CT molecular complexity index is 707. The first-order valence-corrected chi connectivity index (χ1v) is 7.67. The summed E-state index contributed by atoms with van der Waals surface area (Å²) >= 11 is 0. The molecule has 0 fully saturated rings. The first kappa shape index (κ1) is 16.4. The highest BCUT2D eigenvalue weighted by Crippen LogP contribution is 2.21. The summed E-state index contributed by atoms with van der Waals surface area (Å²) in [4.78, 5) is 12.6. The van der Waals surface area contributed by atoms with Gasteiger partial charge in [-0.05, 0) is 32.8 Å². The number of nitrogens with zero attached hydrogens (tertiary/aromatic N) is 2. The number of benzene rings is 1. The highest BCUT2D eigenvalue weighted by atomic mass is 16.1. The zero-order chi connectivity index (χ0) is 16.5. The monoisotopic (exact) mass is 299 g/mol. The molecule has 0 aliphatic carbocycles. The predicted molar refractivity (Wildman–Crippen MR) is 90.7 cm³/mol. The summed E-state index contributed by atoms with van der Waals surface area (Å²) in [6.07, 6.45) is 0. The summed E-state index contributed by atoms with van der Waals surface area (Å²) in [6, 6.07) is 9.96. The summed E-state index contributed by atoms with van der Waals surface area (Å²) in [5.41, 5.74) is 8.96. The zero-order valence-electron chi connectivity index (χ0n) is 14.1. The van der Waals surface area contributed by atoms with Crippen molar-refractivity contribution >= 4 is 0 Å². The van der Waals surface area contributed by atoms with Crippen LogP contribution in [0.25, 0.3) is 11.3 Å². The van der Waals surface area contributed by atoms with E-state index in [1.54, 1.807) is 4.68 Å². The number of rotatable bonds is 4. The molecule has 0 aliphatic heterocycles. The standard InChI is InChI=1S/C18H25N3O/c1-12(2)11-21-17(22)15(18(4,5)19)10-16(20-21)14-8-6-13(3)7-9-14/h6-10,12H,11,19H2,1-5H3. The van der Waals surface area contributed by atoms with E-state index in [-0.39, 0.29) is 5.56 Å². The molecule has 0 saturated carbocycles. The van der Waals surface area contributed by atoms with Crippen LogP contribution in [0, 0.1) is 12.8 Å². The Kier molecular flexibility index (Phi) is 4.52. The maximum atomic E-state index is 12.6. The van der Waals surface area contributed by atoms with Gasteiger partial charge in [0.1, 0.15) is 0 Å². The number of hydrogen-bond acceptors (Lipinski definition) is 3. The summed E-state index contributed by atoms with van der Waals surface area (Å²) in [7, 11) is 0. The van der Waals surface area contributed by atoms with Crippen LogP contribution in [0.1, 0.15) is 38.8 Å². The molecule has 0 spiro atoms. The molecule has 0 aliphatic rings. The van der Waals surface area contributed by atoms with Gasteiger partial charge in [0, 0.05) is 23.2 Å². The third-order valence-corrected chi connectivity index (χ3v) is 3.55. The molecule has 2 N–H and O–H groups in total. The van der Waals surface area contributed by atoms with Gasteiger partial charge < -0.3 is 5.73 Å². The Balaban J connectivity index is 2.64. The molecule has 0 atom stereocenters. The van der Waals surface area contributed by atoms with Crippen molar-refractivity contribution in [3.63, 3.8) is 0 Å². The van der Waals surface area contributed by atoms with Crippen molar-refractivity contribution in [2.24, 2.45) is 11.7 Å². The molecular weight excluding hydrogens is 274 g/mol. The maximum Gasteiger partial charge on any atom is 0.271 e. The Labute approximate surface area is 132 Å². The lowest BCUT2D eigenvalue weighted by Gasteiger charge is -2.21. The lowest BCUT2D eigenvalue weighted by molar-refractivity contribution is 0.448. The second-order valence-electron chi connectivity index (χ2n) is 6.91. The van der Waals surface area contributed by atoms with Gasteiger partial charge in [0.05, 0.1) is 5.69 Å². The predicted octanol–water partition coefficient (Wildman–Crippen LogP) is 3.07. The zero-order valence-corrected chi connectivity index (χ0v) is 14.1. The average molecular weight is 299 g/mol. The first-order chi connectivity index (χ1) is 10.2. The Morgan fingerprint density at radius 3 is 2.32 bits per heavy atom. The van der Waals surface area contributed by atoms with Crippen molar-refractivity contribution < 1.29 is 0 Å². The maximum absolute atomic E-state index is 12.6. The van der Waals surface area contributed by atoms with Gasteiger partial charge in [0.15, 0.2) is 0 Å². The van der Waals surface area contributed by atoms with E-state index in [2.05, 4.69) is 18.9 Å². The molecule has 22 heavy (non-hydrogen) atoms. The average Bonchev–Trinajstić information content (AvgIpc) is 2.40. The van der Waals surface area contributed by atoms with Crippen LogP contribution in [0.15, 0.2) is 35.1 Å². The van der Waals surface area contributed by atoms with E-state index in [1.807, 2.05) is 51.1 Å². The van der Waals surface area contributed by atoms with Crippen molar-refractivity contribution in [3.8, 4) is 11.3 Å². The molecule has 1 heterocycles. The highest BCUT2D eigenvalue weighted by molar-refractivity contribution is 5.59. The minimum absolute atomic E-state index is 0.0999. The van der Waals surface area contributed by atoms with Gasteiger partial charge >= 0.3 is 0 Å². The van der Waals surface area contributed by atoms with Gasteiger partial charge in [-0.2, -0.15) is 5.10 Å². The van der Waals surface area contributed by atoms with E-state index in [9.17, 15) is 4.79 Å². The molecule has 0 radical (unpaired) electrons. The van der Waals surface area contributed by atoms with Crippen LogP contribution < -0.4 is 11.3 Å². The molecule has 0 unspecified atom stereocenters. The Morgan fingerprint density at radius 2 is 1.82 bits per heavy atom. The lowest BCUT2D eigenvalue weighted by Crippen LogP contribution is -2.39. The molecule has 0 bridgehead atoms. The highest BCUT2D eigenvalue weighted by Gasteiger charge is 2.22. The smallest absolute Gasteiger partial charge is 0.271 e. The van der Waals surface area contributed by atoms with E-state index in [4.69, 9.17) is 5.73 Å². The Hall–Kier alpha value is -1.94. The van der Waals surface area contributed by atoms with Crippen LogP contribution in [-0.4, -0.2) is 9.78 Å². The van der Waals surface area contributed by atoms with E-state index in [0.29, 0.717) is 18.0 Å². The molecule has 0 amide bonds. The summed E-state index contributed by atoms with van der Waals surface area (Å²) < 4.78 is 1.55. The SMILES string of the molecule is Cc1ccc(-c2cc(C(C)(C)N)c(=O)n(CC(C)C)n2)cc1. The van der Waals surface area contributed by atoms with Crippen LogP contribution in [0.3, 0.4) is 0 Å². The molecule has 2 aromatic rings. The van der Waals surface area contributed by atoms with Crippen molar-refractivity contribution in [1.29, 1.82) is 0 Å². The molecule has 0 saturated heterocycles. The molecule has 4 nitrogen and oxygen atoms in total. The van der Waals surface area contributed by atoms with Gasteiger partial charge in [-0.1, -0.05) is 43.7 Å². The third kappa shape index (κ3) is 3.63. The van der Waals surface area contributed by atoms with Crippen LogP contribution in [0.5, 0.6) is 0 Å². The third-order valence-electron chi connectivity index (χ3n) is 3.55. The number of aromatic nitrogens is 2. The van der Waals surface area contributed by atoms with Crippen LogP contribution in [-0.2, 0) is 12.1 Å². The minimum atomic E-state index is -0.696. The fraction of sp³-hybridized carbons (Fsp3) is 0.444. The molecule has 1 aromatic heterocycles. The van der Waals surface area contributed by atoms with E-state index in [1.165, 1.54) is 5.56 Å².